The maximum absolute atomic E-state index is 6.74. The van der Waals surface area contributed by atoms with Gasteiger partial charge < -0.3 is 0 Å². The van der Waals surface area contributed by atoms with Crippen molar-refractivity contribution >= 4 is 24.4 Å². The number of benzene rings is 2. The summed E-state index contributed by atoms with van der Waals surface area (Å²) in [5.74, 6) is 0. The van der Waals surface area contributed by atoms with Crippen LogP contribution in [0.5, 0.6) is 0 Å². The number of rotatable bonds is 3. The molecule has 0 bridgehead atoms. The zero-order valence-electron chi connectivity index (χ0n) is 11.2. The third-order valence-corrected chi connectivity index (χ3v) is 6.79. The van der Waals surface area contributed by atoms with Crippen LogP contribution >= 0.6 is 11.1 Å². The maximum atomic E-state index is 6.74. The Hall–Kier alpha value is -1.05. The smallest absolute Gasteiger partial charge is 0.165 e. The van der Waals surface area contributed by atoms with E-state index in [1.165, 1.54) is 27.4 Å². The molecule has 0 amide bonds. The highest BCUT2D eigenvalue weighted by atomic mass is 35.6. The quantitative estimate of drug-likeness (QED) is 0.593. The van der Waals surface area contributed by atoms with Crippen LogP contribution in [-0.2, 0) is 6.04 Å². The zero-order valence-corrected chi connectivity index (χ0v) is 13.1. The maximum Gasteiger partial charge on any atom is 0.176 e. The van der Waals surface area contributed by atoms with Gasteiger partial charge in [-0.1, -0.05) is 59.2 Å². The molecule has 0 spiro atoms. The first-order valence-electron chi connectivity index (χ1n) is 6.33. The van der Waals surface area contributed by atoms with E-state index < -0.39 is 8.11 Å². The fraction of sp³-hybridized carbons (Fsp3) is 0.250. The number of aryl methyl sites for hydroxylation is 3. The molecule has 1 unspecified atom stereocenters. The fourth-order valence-corrected chi connectivity index (χ4v) is 6.22. The predicted molar refractivity (Wildman–Crippen MR) is 83.4 cm³/mol. The third kappa shape index (κ3) is 3.04. The lowest BCUT2D eigenvalue weighted by molar-refractivity contribution is 1.33. The average Bonchev–Trinajstić information content (AvgIpc) is 2.28. The van der Waals surface area contributed by atoms with E-state index in [0.717, 1.165) is 6.04 Å². The van der Waals surface area contributed by atoms with Crippen molar-refractivity contribution in [2.75, 3.05) is 0 Å². The van der Waals surface area contributed by atoms with Crippen molar-refractivity contribution in [2.24, 2.45) is 0 Å². The van der Waals surface area contributed by atoms with Crippen molar-refractivity contribution in [1.29, 1.82) is 0 Å². The number of halogens is 1. The molecule has 0 saturated heterocycles. The van der Waals surface area contributed by atoms with E-state index in [0.29, 0.717) is 0 Å². The molecule has 2 aromatic carbocycles. The summed E-state index contributed by atoms with van der Waals surface area (Å²) in [6.07, 6.45) is 0. The largest absolute Gasteiger partial charge is 0.176 e. The SMILES string of the molecule is Cc1cc(C)c([SiH](Cl)Cc2ccccc2)c(C)c1. The van der Waals surface area contributed by atoms with Gasteiger partial charge in [0.1, 0.15) is 0 Å². The van der Waals surface area contributed by atoms with Crippen molar-refractivity contribution < 1.29 is 0 Å². The Morgan fingerprint density at radius 3 is 2.06 bits per heavy atom. The Morgan fingerprint density at radius 1 is 0.944 bits per heavy atom. The van der Waals surface area contributed by atoms with Crippen LogP contribution in [0.3, 0.4) is 0 Å². The van der Waals surface area contributed by atoms with E-state index >= 15 is 0 Å². The molecule has 0 aromatic heterocycles. The Balaban J connectivity index is 2.27. The summed E-state index contributed by atoms with van der Waals surface area (Å²) in [4.78, 5) is 0. The van der Waals surface area contributed by atoms with E-state index in [9.17, 15) is 0 Å². The first-order valence-corrected chi connectivity index (χ1v) is 9.47. The second kappa shape index (κ2) is 5.72. The van der Waals surface area contributed by atoms with Crippen molar-refractivity contribution in [3.05, 3.63) is 64.7 Å². The summed E-state index contributed by atoms with van der Waals surface area (Å²) in [7, 11) is -1.41. The molecule has 2 aromatic rings. The van der Waals surface area contributed by atoms with E-state index in [4.69, 9.17) is 11.1 Å². The minimum Gasteiger partial charge on any atom is -0.165 e. The molecule has 0 aliphatic carbocycles. The van der Waals surface area contributed by atoms with Gasteiger partial charge in [0.15, 0.2) is 8.11 Å². The molecular weight excluding hydrogens is 256 g/mol. The third-order valence-electron chi connectivity index (χ3n) is 3.31. The molecule has 0 radical (unpaired) electrons. The monoisotopic (exact) mass is 274 g/mol. The summed E-state index contributed by atoms with van der Waals surface area (Å²) < 4.78 is 0. The number of hydrogen-bond donors (Lipinski definition) is 0. The van der Waals surface area contributed by atoms with Crippen molar-refractivity contribution in [2.45, 2.75) is 26.8 Å². The van der Waals surface area contributed by atoms with E-state index in [1.807, 2.05) is 0 Å². The van der Waals surface area contributed by atoms with Crippen LogP contribution in [0.25, 0.3) is 0 Å². The van der Waals surface area contributed by atoms with E-state index in [-0.39, 0.29) is 0 Å². The fourth-order valence-electron chi connectivity index (χ4n) is 2.61. The Bertz CT molecular complexity index is 511. The van der Waals surface area contributed by atoms with Gasteiger partial charge in [-0.05, 0) is 37.6 Å². The molecule has 0 saturated carbocycles. The van der Waals surface area contributed by atoms with Crippen molar-refractivity contribution in [3.63, 3.8) is 0 Å². The second-order valence-corrected chi connectivity index (χ2v) is 8.47. The Morgan fingerprint density at radius 2 is 1.50 bits per heavy atom. The first-order chi connectivity index (χ1) is 8.58. The zero-order chi connectivity index (χ0) is 13.1. The summed E-state index contributed by atoms with van der Waals surface area (Å²) in [6.45, 7) is 6.51. The predicted octanol–water partition coefficient (Wildman–Crippen LogP) is 3.56. The Kier molecular flexibility index (Phi) is 4.26. The van der Waals surface area contributed by atoms with Gasteiger partial charge in [-0.3, -0.25) is 0 Å². The molecule has 0 fully saturated rings. The van der Waals surface area contributed by atoms with Crippen LogP contribution in [0.4, 0.5) is 0 Å². The standard InChI is InChI=1S/C16H19ClSi/c1-12-9-13(2)16(14(3)10-12)18(17)11-15-7-5-4-6-8-15/h4-10,18H,11H2,1-3H3. The highest BCUT2D eigenvalue weighted by molar-refractivity contribution is 7.14. The van der Waals surface area contributed by atoms with Gasteiger partial charge in [-0.15, -0.1) is 0 Å². The second-order valence-electron chi connectivity index (χ2n) is 4.97. The van der Waals surface area contributed by atoms with E-state index in [1.54, 1.807) is 0 Å². The Labute approximate surface area is 116 Å². The summed E-state index contributed by atoms with van der Waals surface area (Å²) in [5, 5.41) is 1.42. The van der Waals surface area contributed by atoms with Crippen LogP contribution in [-0.4, -0.2) is 8.11 Å². The van der Waals surface area contributed by atoms with E-state index in [2.05, 4.69) is 63.2 Å². The van der Waals surface area contributed by atoms with Gasteiger partial charge in [0.05, 0.1) is 0 Å². The molecule has 0 nitrogen and oxygen atoms in total. The van der Waals surface area contributed by atoms with Crippen LogP contribution in [0.2, 0.25) is 0 Å². The van der Waals surface area contributed by atoms with Crippen LogP contribution in [0, 0.1) is 20.8 Å². The van der Waals surface area contributed by atoms with Crippen molar-refractivity contribution in [3.8, 4) is 0 Å². The highest BCUT2D eigenvalue weighted by Gasteiger charge is 2.16. The molecule has 18 heavy (non-hydrogen) atoms. The topological polar surface area (TPSA) is 0 Å². The molecule has 0 N–H and O–H groups in total. The van der Waals surface area contributed by atoms with Gasteiger partial charge >= 0.3 is 0 Å². The first kappa shape index (κ1) is 13.4. The molecule has 1 atom stereocenters. The lowest BCUT2D eigenvalue weighted by Gasteiger charge is -2.15. The van der Waals surface area contributed by atoms with Crippen molar-refractivity contribution in [1.82, 2.24) is 0 Å². The molecular formula is C16H19ClSi. The van der Waals surface area contributed by atoms with Gasteiger partial charge in [-0.25, -0.2) is 0 Å². The molecule has 2 rings (SSSR count). The van der Waals surface area contributed by atoms with Gasteiger partial charge in [0.25, 0.3) is 0 Å². The minimum absolute atomic E-state index is 1.02. The highest BCUT2D eigenvalue weighted by Crippen LogP contribution is 2.12. The lowest BCUT2D eigenvalue weighted by Crippen LogP contribution is -2.32. The average molecular weight is 275 g/mol. The molecule has 0 heterocycles. The van der Waals surface area contributed by atoms with Crippen LogP contribution in [0.15, 0.2) is 42.5 Å². The summed E-state index contributed by atoms with van der Waals surface area (Å²) >= 11 is 6.74. The molecule has 94 valence electrons. The van der Waals surface area contributed by atoms with Gasteiger partial charge in [-0.2, -0.15) is 11.1 Å². The number of hydrogen-bond acceptors (Lipinski definition) is 0. The minimum atomic E-state index is -1.41. The van der Waals surface area contributed by atoms with Crippen LogP contribution < -0.4 is 5.19 Å². The summed E-state index contributed by atoms with van der Waals surface area (Å²) in [6, 6.07) is 16.1. The summed E-state index contributed by atoms with van der Waals surface area (Å²) in [5.41, 5.74) is 5.39. The molecule has 2 heteroatoms. The lowest BCUT2D eigenvalue weighted by atomic mass is 10.1. The van der Waals surface area contributed by atoms with Crippen LogP contribution in [0.1, 0.15) is 22.3 Å². The van der Waals surface area contributed by atoms with Gasteiger partial charge in [0, 0.05) is 0 Å². The molecule has 0 aliphatic rings. The molecule has 0 aliphatic heterocycles. The van der Waals surface area contributed by atoms with Gasteiger partial charge in [0.2, 0.25) is 0 Å². The normalized spacial score (nSPS) is 12.4.